The summed E-state index contributed by atoms with van der Waals surface area (Å²) in [5.41, 5.74) is -1.12. The summed E-state index contributed by atoms with van der Waals surface area (Å²) >= 11 is 11.8. The fourth-order valence-electron chi connectivity index (χ4n) is 2.50. The Labute approximate surface area is 170 Å². The summed E-state index contributed by atoms with van der Waals surface area (Å²) in [7, 11) is 0. The van der Waals surface area contributed by atoms with Crippen LogP contribution in [0.2, 0.25) is 10.0 Å². The molecule has 1 amide bonds. The van der Waals surface area contributed by atoms with Crippen LogP contribution in [-0.4, -0.2) is 15.7 Å². The number of carbonyl (C=O) groups excluding carboxylic acids is 1. The van der Waals surface area contributed by atoms with Gasteiger partial charge in [-0.25, -0.2) is 13.5 Å². The highest BCUT2D eigenvalue weighted by Crippen LogP contribution is 2.34. The summed E-state index contributed by atoms with van der Waals surface area (Å²) in [6, 6.07) is 5.24. The molecule has 0 unspecified atom stereocenters. The lowest BCUT2D eigenvalue weighted by atomic mass is 10.2. The summed E-state index contributed by atoms with van der Waals surface area (Å²) < 4.78 is 66.8. The first-order chi connectivity index (χ1) is 13.5. The standard InChI is InChI=1S/C18H10Cl2F5N3O/c1-8-4-16(26-17(29)10-6-13(21)14(22)7-12(10)20)28(27-8)15-5-9(18(23,24)25)2-3-11(15)19/h2-7H,1H3,(H,26,29). The van der Waals surface area contributed by atoms with Crippen molar-refractivity contribution in [2.45, 2.75) is 13.1 Å². The Morgan fingerprint density at radius 2 is 1.69 bits per heavy atom. The number of hydrogen-bond acceptors (Lipinski definition) is 2. The van der Waals surface area contributed by atoms with Crippen LogP contribution in [0, 0.1) is 18.6 Å². The van der Waals surface area contributed by atoms with Crippen molar-refractivity contribution in [1.29, 1.82) is 0 Å². The van der Waals surface area contributed by atoms with E-state index in [1.54, 1.807) is 0 Å². The number of rotatable bonds is 3. The second-order valence-electron chi connectivity index (χ2n) is 5.95. The summed E-state index contributed by atoms with van der Waals surface area (Å²) in [5.74, 6) is -3.49. The van der Waals surface area contributed by atoms with Crippen molar-refractivity contribution in [1.82, 2.24) is 9.78 Å². The molecule has 0 radical (unpaired) electrons. The Kier molecular flexibility index (Phi) is 5.55. The van der Waals surface area contributed by atoms with Gasteiger partial charge in [0.2, 0.25) is 0 Å². The predicted octanol–water partition coefficient (Wildman–Crippen LogP) is 6.04. The van der Waals surface area contributed by atoms with E-state index >= 15 is 0 Å². The molecule has 0 spiro atoms. The maximum atomic E-state index is 13.5. The molecule has 3 rings (SSSR count). The van der Waals surface area contributed by atoms with Gasteiger partial charge >= 0.3 is 6.18 Å². The van der Waals surface area contributed by atoms with Gasteiger partial charge in [0, 0.05) is 6.07 Å². The quantitative estimate of drug-likeness (QED) is 0.391. The van der Waals surface area contributed by atoms with E-state index in [2.05, 4.69) is 10.4 Å². The Hall–Kier alpha value is -2.65. The van der Waals surface area contributed by atoms with Crippen molar-refractivity contribution in [3.05, 3.63) is 74.9 Å². The molecule has 3 aromatic rings. The van der Waals surface area contributed by atoms with Crippen molar-refractivity contribution in [2.75, 3.05) is 5.32 Å². The van der Waals surface area contributed by atoms with Gasteiger partial charge in [0.15, 0.2) is 11.6 Å². The second-order valence-corrected chi connectivity index (χ2v) is 6.76. The lowest BCUT2D eigenvalue weighted by Gasteiger charge is -2.13. The SMILES string of the molecule is Cc1cc(NC(=O)c2cc(F)c(F)cc2Cl)n(-c2cc(C(F)(F)F)ccc2Cl)n1. The summed E-state index contributed by atoms with van der Waals surface area (Å²) in [6.45, 7) is 1.54. The monoisotopic (exact) mass is 449 g/mol. The molecular formula is C18H10Cl2F5N3O. The highest BCUT2D eigenvalue weighted by Gasteiger charge is 2.31. The largest absolute Gasteiger partial charge is 0.416 e. The Morgan fingerprint density at radius 1 is 1.03 bits per heavy atom. The molecule has 1 aromatic heterocycles. The van der Waals surface area contributed by atoms with Crippen LogP contribution in [0.25, 0.3) is 5.69 Å². The topological polar surface area (TPSA) is 46.9 Å². The zero-order chi connectivity index (χ0) is 21.5. The molecule has 1 heterocycles. The zero-order valence-corrected chi connectivity index (χ0v) is 15.9. The smallest absolute Gasteiger partial charge is 0.306 e. The van der Waals surface area contributed by atoms with Gasteiger partial charge in [-0.05, 0) is 37.3 Å². The first-order valence-electron chi connectivity index (χ1n) is 7.87. The third-order valence-electron chi connectivity index (χ3n) is 3.83. The second kappa shape index (κ2) is 7.64. The van der Waals surface area contributed by atoms with Crippen LogP contribution in [0.15, 0.2) is 36.4 Å². The number of carbonyl (C=O) groups is 1. The molecule has 2 aromatic carbocycles. The number of aromatic nitrogens is 2. The maximum Gasteiger partial charge on any atom is 0.416 e. The molecule has 152 valence electrons. The van der Waals surface area contributed by atoms with Crippen molar-refractivity contribution in [3.63, 3.8) is 0 Å². The van der Waals surface area contributed by atoms with Gasteiger partial charge < -0.3 is 5.32 Å². The van der Waals surface area contributed by atoms with Crippen LogP contribution < -0.4 is 5.32 Å². The number of halogens is 7. The van der Waals surface area contributed by atoms with Gasteiger partial charge in [0.05, 0.1) is 32.6 Å². The maximum absolute atomic E-state index is 13.5. The zero-order valence-electron chi connectivity index (χ0n) is 14.4. The van der Waals surface area contributed by atoms with E-state index in [4.69, 9.17) is 23.2 Å². The highest BCUT2D eigenvalue weighted by atomic mass is 35.5. The lowest BCUT2D eigenvalue weighted by Crippen LogP contribution is -2.16. The van der Waals surface area contributed by atoms with Crippen molar-refractivity contribution in [3.8, 4) is 5.69 Å². The van der Waals surface area contributed by atoms with Crippen LogP contribution in [-0.2, 0) is 6.18 Å². The van der Waals surface area contributed by atoms with E-state index < -0.39 is 29.3 Å². The minimum atomic E-state index is -4.62. The van der Waals surface area contributed by atoms with Crippen LogP contribution in [0.4, 0.5) is 27.8 Å². The van der Waals surface area contributed by atoms with Gasteiger partial charge in [-0.1, -0.05) is 23.2 Å². The molecular weight excluding hydrogens is 440 g/mol. The van der Waals surface area contributed by atoms with Crippen molar-refractivity contribution < 1.29 is 26.7 Å². The summed E-state index contributed by atoms with van der Waals surface area (Å²) in [4.78, 5) is 12.5. The first kappa shape index (κ1) is 21.1. The fourth-order valence-corrected chi connectivity index (χ4v) is 2.94. The number of nitrogens with one attached hydrogen (secondary N) is 1. The van der Waals surface area contributed by atoms with Crippen LogP contribution in [0.1, 0.15) is 21.6 Å². The number of benzene rings is 2. The molecule has 11 heteroatoms. The van der Waals surface area contributed by atoms with E-state index in [1.807, 2.05) is 0 Å². The number of alkyl halides is 3. The normalized spacial score (nSPS) is 11.6. The minimum absolute atomic E-state index is 0.0467. The number of aryl methyl sites for hydroxylation is 1. The molecule has 0 bridgehead atoms. The molecule has 0 aliphatic heterocycles. The average molecular weight is 450 g/mol. The van der Waals surface area contributed by atoms with Gasteiger partial charge in [-0.15, -0.1) is 0 Å². The number of nitrogens with zero attached hydrogens (tertiary/aromatic N) is 2. The predicted molar refractivity (Wildman–Crippen MR) is 97.6 cm³/mol. The third kappa shape index (κ3) is 4.35. The van der Waals surface area contributed by atoms with E-state index in [1.165, 1.54) is 13.0 Å². The van der Waals surface area contributed by atoms with Gasteiger partial charge in [-0.2, -0.15) is 18.3 Å². The first-order valence-corrected chi connectivity index (χ1v) is 8.62. The molecule has 4 nitrogen and oxygen atoms in total. The van der Waals surface area contributed by atoms with E-state index in [9.17, 15) is 26.7 Å². The molecule has 0 saturated carbocycles. The van der Waals surface area contributed by atoms with E-state index in [0.29, 0.717) is 17.8 Å². The van der Waals surface area contributed by atoms with Crippen molar-refractivity contribution in [2.24, 2.45) is 0 Å². The molecule has 0 atom stereocenters. The van der Waals surface area contributed by atoms with Gasteiger partial charge in [-0.3, -0.25) is 4.79 Å². The summed E-state index contributed by atoms with van der Waals surface area (Å²) in [5, 5.41) is 6.02. The van der Waals surface area contributed by atoms with E-state index in [0.717, 1.165) is 22.9 Å². The average Bonchev–Trinajstić information content (AvgIpc) is 2.97. The molecule has 0 aliphatic rings. The Bertz CT molecular complexity index is 1110. The Morgan fingerprint density at radius 3 is 2.34 bits per heavy atom. The van der Waals surface area contributed by atoms with Crippen LogP contribution >= 0.6 is 23.2 Å². The van der Waals surface area contributed by atoms with E-state index in [-0.39, 0.29) is 27.1 Å². The molecule has 0 saturated heterocycles. The fraction of sp³-hybridized carbons (Fsp3) is 0.111. The molecule has 29 heavy (non-hydrogen) atoms. The van der Waals surface area contributed by atoms with Crippen LogP contribution in [0.3, 0.4) is 0 Å². The summed E-state index contributed by atoms with van der Waals surface area (Å²) in [6.07, 6.45) is -4.62. The number of anilines is 1. The number of hydrogen-bond donors (Lipinski definition) is 1. The molecule has 1 N–H and O–H groups in total. The molecule has 0 aliphatic carbocycles. The van der Waals surface area contributed by atoms with Gasteiger partial charge in [0.1, 0.15) is 5.82 Å². The molecule has 0 fully saturated rings. The third-order valence-corrected chi connectivity index (χ3v) is 4.46. The van der Waals surface area contributed by atoms with Crippen LogP contribution in [0.5, 0.6) is 0 Å². The van der Waals surface area contributed by atoms with Gasteiger partial charge in [0.25, 0.3) is 5.91 Å². The van der Waals surface area contributed by atoms with Crippen molar-refractivity contribution >= 4 is 34.9 Å². The minimum Gasteiger partial charge on any atom is -0.306 e. The number of amides is 1. The highest BCUT2D eigenvalue weighted by molar-refractivity contribution is 6.34. The lowest BCUT2D eigenvalue weighted by molar-refractivity contribution is -0.137. The Balaban J connectivity index is 2.03.